The van der Waals surface area contributed by atoms with Crippen molar-refractivity contribution in [1.82, 2.24) is 5.32 Å². The second kappa shape index (κ2) is 6.75. The molecule has 2 amide bonds. The molecule has 0 atom stereocenters. The topological polar surface area (TPSA) is 67.4 Å². The number of hydrogen-bond donors (Lipinski definition) is 2. The summed E-state index contributed by atoms with van der Waals surface area (Å²) in [4.78, 5) is 22.2. The summed E-state index contributed by atoms with van der Waals surface area (Å²) >= 11 is 5.42. The minimum absolute atomic E-state index is 0.234. The lowest BCUT2D eigenvalue weighted by Gasteiger charge is -2.10. The highest BCUT2D eigenvalue weighted by Crippen LogP contribution is 2.23. The van der Waals surface area contributed by atoms with Gasteiger partial charge in [-0.3, -0.25) is 4.79 Å². The molecule has 92 valence electrons. The average molecular weight is 257 g/mol. The molecular formula is C11H13ClN2O3. The van der Waals surface area contributed by atoms with Crippen LogP contribution in [0.25, 0.3) is 0 Å². The van der Waals surface area contributed by atoms with E-state index in [0.717, 1.165) is 0 Å². The highest BCUT2D eigenvalue weighted by Gasteiger charge is 2.08. The molecule has 0 fully saturated rings. The van der Waals surface area contributed by atoms with Crippen molar-refractivity contribution < 1.29 is 14.3 Å². The first-order chi connectivity index (χ1) is 8.13. The van der Waals surface area contributed by atoms with Crippen LogP contribution in [0.15, 0.2) is 24.3 Å². The van der Waals surface area contributed by atoms with E-state index in [9.17, 15) is 9.59 Å². The molecule has 0 radical (unpaired) electrons. The number of rotatable bonds is 4. The number of amides is 2. The number of alkyl halides is 1. The molecule has 0 aromatic heterocycles. The number of halogens is 1. The van der Waals surface area contributed by atoms with E-state index in [-0.39, 0.29) is 11.7 Å². The van der Waals surface area contributed by atoms with Gasteiger partial charge in [-0.1, -0.05) is 12.1 Å². The van der Waals surface area contributed by atoms with Crippen molar-refractivity contribution in [3.8, 4) is 5.75 Å². The molecule has 1 aromatic carbocycles. The number of hydrogen-bond acceptors (Lipinski definition) is 3. The third-order valence-electron chi connectivity index (χ3n) is 1.76. The third-order valence-corrected chi connectivity index (χ3v) is 1.95. The van der Waals surface area contributed by atoms with Gasteiger partial charge in [-0.05, 0) is 12.1 Å². The van der Waals surface area contributed by atoms with Gasteiger partial charge in [0.05, 0.1) is 5.69 Å². The molecule has 0 aliphatic heterocycles. The monoisotopic (exact) mass is 256 g/mol. The van der Waals surface area contributed by atoms with Crippen molar-refractivity contribution >= 4 is 29.3 Å². The maximum absolute atomic E-state index is 11.3. The van der Waals surface area contributed by atoms with Gasteiger partial charge >= 0.3 is 6.09 Å². The van der Waals surface area contributed by atoms with Gasteiger partial charge in [0.1, 0.15) is 0 Å². The minimum Gasteiger partial charge on any atom is -0.408 e. The second-order valence-electron chi connectivity index (χ2n) is 3.18. The predicted molar refractivity (Wildman–Crippen MR) is 65.5 cm³/mol. The zero-order chi connectivity index (χ0) is 12.7. The van der Waals surface area contributed by atoms with Gasteiger partial charge in [0.15, 0.2) is 5.75 Å². The van der Waals surface area contributed by atoms with E-state index in [4.69, 9.17) is 16.3 Å². The number of para-hydroxylation sites is 2. The van der Waals surface area contributed by atoms with Crippen LogP contribution in [0.1, 0.15) is 6.92 Å². The Morgan fingerprint density at radius 2 is 2.06 bits per heavy atom. The molecule has 0 saturated carbocycles. The molecule has 0 bridgehead atoms. The summed E-state index contributed by atoms with van der Waals surface area (Å²) in [6, 6.07) is 6.67. The lowest BCUT2D eigenvalue weighted by atomic mass is 10.3. The van der Waals surface area contributed by atoms with Crippen LogP contribution in [0.2, 0.25) is 0 Å². The molecule has 0 aliphatic rings. The predicted octanol–water partition coefficient (Wildman–Crippen LogP) is 1.97. The first-order valence-electron chi connectivity index (χ1n) is 5.01. The number of carbonyl (C=O) groups is 2. The van der Waals surface area contributed by atoms with Gasteiger partial charge in [0, 0.05) is 19.3 Å². The van der Waals surface area contributed by atoms with Crippen molar-refractivity contribution in [2.45, 2.75) is 6.92 Å². The van der Waals surface area contributed by atoms with Crippen molar-refractivity contribution in [2.24, 2.45) is 0 Å². The summed E-state index contributed by atoms with van der Waals surface area (Å²) in [7, 11) is 0. The Labute approximate surface area is 104 Å². The molecule has 0 saturated heterocycles. The van der Waals surface area contributed by atoms with E-state index in [1.54, 1.807) is 24.3 Å². The standard InChI is InChI=1S/C11H13ClN2O3/c1-8(15)14-9-4-2-3-5-10(9)17-11(16)13-7-6-12/h2-5H,6-7H2,1H3,(H,13,16)(H,14,15). The van der Waals surface area contributed by atoms with E-state index in [1.807, 2.05) is 0 Å². The Hall–Kier alpha value is -1.75. The zero-order valence-electron chi connectivity index (χ0n) is 9.33. The molecule has 0 heterocycles. The number of benzene rings is 1. The molecule has 0 spiro atoms. The molecule has 1 aromatic rings. The highest BCUT2D eigenvalue weighted by atomic mass is 35.5. The molecule has 0 aliphatic carbocycles. The van der Waals surface area contributed by atoms with Crippen molar-refractivity contribution in [1.29, 1.82) is 0 Å². The van der Waals surface area contributed by atoms with Crippen LogP contribution in [0.4, 0.5) is 10.5 Å². The summed E-state index contributed by atoms with van der Waals surface area (Å²) in [5, 5.41) is 5.02. The minimum atomic E-state index is -0.608. The van der Waals surface area contributed by atoms with Gasteiger partial charge in [0.25, 0.3) is 0 Å². The van der Waals surface area contributed by atoms with Gasteiger partial charge in [-0.25, -0.2) is 4.79 Å². The Morgan fingerprint density at radius 3 is 2.71 bits per heavy atom. The fraction of sp³-hybridized carbons (Fsp3) is 0.273. The van der Waals surface area contributed by atoms with Gasteiger partial charge in [-0.15, -0.1) is 11.6 Å². The van der Waals surface area contributed by atoms with E-state index < -0.39 is 6.09 Å². The van der Waals surface area contributed by atoms with Crippen molar-refractivity contribution in [3.05, 3.63) is 24.3 Å². The lowest BCUT2D eigenvalue weighted by Crippen LogP contribution is -2.28. The van der Waals surface area contributed by atoms with Crippen molar-refractivity contribution in [3.63, 3.8) is 0 Å². The third kappa shape index (κ3) is 4.74. The molecule has 2 N–H and O–H groups in total. The Morgan fingerprint density at radius 1 is 1.35 bits per heavy atom. The summed E-state index contributed by atoms with van der Waals surface area (Å²) in [5.74, 6) is 0.361. The first-order valence-corrected chi connectivity index (χ1v) is 5.55. The van der Waals surface area contributed by atoms with E-state index in [2.05, 4.69) is 10.6 Å². The van der Waals surface area contributed by atoms with Crippen LogP contribution in [-0.4, -0.2) is 24.4 Å². The van der Waals surface area contributed by atoms with Crippen LogP contribution in [0.3, 0.4) is 0 Å². The van der Waals surface area contributed by atoms with Crippen molar-refractivity contribution in [2.75, 3.05) is 17.7 Å². The molecular weight excluding hydrogens is 244 g/mol. The summed E-state index contributed by atoms with van der Waals surface area (Å²) in [6.45, 7) is 1.70. The van der Waals surface area contributed by atoms with Gasteiger partial charge < -0.3 is 15.4 Å². The van der Waals surface area contributed by atoms with Crippen LogP contribution in [0.5, 0.6) is 5.75 Å². The lowest BCUT2D eigenvalue weighted by molar-refractivity contribution is -0.114. The number of anilines is 1. The van der Waals surface area contributed by atoms with Crippen LogP contribution >= 0.6 is 11.6 Å². The smallest absolute Gasteiger partial charge is 0.408 e. The Bertz CT molecular complexity index is 409. The van der Waals surface area contributed by atoms with Crippen LogP contribution in [-0.2, 0) is 4.79 Å². The van der Waals surface area contributed by atoms with Crippen LogP contribution in [0, 0.1) is 0 Å². The quantitative estimate of drug-likeness (QED) is 0.810. The largest absolute Gasteiger partial charge is 0.412 e. The summed E-state index contributed by atoms with van der Waals surface area (Å²) in [5.41, 5.74) is 0.445. The van der Waals surface area contributed by atoms with E-state index in [1.165, 1.54) is 6.92 Å². The fourth-order valence-corrected chi connectivity index (χ4v) is 1.23. The molecule has 6 heteroatoms. The molecule has 1 rings (SSSR count). The SMILES string of the molecule is CC(=O)Nc1ccccc1OC(=O)NCCCl. The normalized spacial score (nSPS) is 9.53. The second-order valence-corrected chi connectivity index (χ2v) is 3.56. The Balaban J connectivity index is 2.69. The van der Waals surface area contributed by atoms with Crippen LogP contribution < -0.4 is 15.4 Å². The Kier molecular flexibility index (Phi) is 5.29. The number of ether oxygens (including phenoxy) is 1. The van der Waals surface area contributed by atoms with Gasteiger partial charge in [0.2, 0.25) is 5.91 Å². The summed E-state index contributed by atoms with van der Waals surface area (Å²) in [6.07, 6.45) is -0.608. The maximum Gasteiger partial charge on any atom is 0.412 e. The molecule has 5 nitrogen and oxygen atoms in total. The van der Waals surface area contributed by atoms with E-state index in [0.29, 0.717) is 18.1 Å². The highest BCUT2D eigenvalue weighted by molar-refractivity contribution is 6.18. The molecule has 0 unspecified atom stereocenters. The van der Waals surface area contributed by atoms with E-state index >= 15 is 0 Å². The fourth-order valence-electron chi connectivity index (χ4n) is 1.13. The zero-order valence-corrected chi connectivity index (χ0v) is 10.1. The first kappa shape index (κ1) is 13.3. The maximum atomic E-state index is 11.3. The molecule has 17 heavy (non-hydrogen) atoms. The number of carbonyl (C=O) groups excluding carboxylic acids is 2. The average Bonchev–Trinajstić information content (AvgIpc) is 2.28. The number of nitrogens with one attached hydrogen (secondary N) is 2. The van der Waals surface area contributed by atoms with Gasteiger partial charge in [-0.2, -0.15) is 0 Å². The summed E-state index contributed by atoms with van der Waals surface area (Å²) < 4.78 is 5.03.